The maximum absolute atomic E-state index is 12.0. The number of sulfone groups is 1. The highest BCUT2D eigenvalue weighted by Gasteiger charge is 2.32. The third-order valence-corrected chi connectivity index (χ3v) is 7.22. The molecule has 3 heterocycles. The first kappa shape index (κ1) is 15.6. The monoisotopic (exact) mass is 356 g/mol. The van der Waals surface area contributed by atoms with Crippen LogP contribution < -0.4 is 5.32 Å². The smallest absolute Gasteiger partial charge is 0.224 e. The molecular weight excluding hydrogens is 340 g/mol. The number of rotatable bonds is 4. The molecule has 1 fully saturated rings. The van der Waals surface area contributed by atoms with E-state index in [1.165, 1.54) is 0 Å². The third kappa shape index (κ3) is 3.56. The van der Waals surface area contributed by atoms with E-state index in [9.17, 15) is 13.2 Å². The van der Waals surface area contributed by atoms with Crippen LogP contribution in [0, 0.1) is 12.8 Å². The summed E-state index contributed by atoms with van der Waals surface area (Å²) in [6, 6.07) is 3.97. The topological polar surface area (TPSA) is 76.1 Å². The highest BCUT2D eigenvalue weighted by atomic mass is 32.2. The van der Waals surface area contributed by atoms with Crippen molar-refractivity contribution in [1.29, 1.82) is 0 Å². The summed E-state index contributed by atoms with van der Waals surface area (Å²) in [7, 11) is -3.02. The summed E-state index contributed by atoms with van der Waals surface area (Å²) in [5, 5.41) is 5.89. The van der Waals surface area contributed by atoms with Crippen LogP contribution in [0.3, 0.4) is 0 Å². The minimum Gasteiger partial charge on any atom is -0.351 e. The lowest BCUT2D eigenvalue weighted by molar-refractivity contribution is -0.124. The fourth-order valence-electron chi connectivity index (χ4n) is 2.41. The largest absolute Gasteiger partial charge is 0.351 e. The van der Waals surface area contributed by atoms with Gasteiger partial charge in [-0.3, -0.25) is 4.79 Å². The maximum atomic E-state index is 12.0. The number of carbonyl (C=O) groups is 1. The Balaban J connectivity index is 1.58. The number of thiazole rings is 1. The number of aryl methyl sites for hydroxylation is 1. The summed E-state index contributed by atoms with van der Waals surface area (Å²) in [5.41, 5.74) is 0.965. The standard InChI is InChI=1S/C14H16N2O3S3/c1-9-16-12(7-20-9)13-3-2-11(21-13)6-15-14(17)10-4-5-22(18,19)8-10/h2-3,7,10H,4-6,8H2,1H3,(H,15,17). The Hall–Kier alpha value is -1.25. The van der Waals surface area contributed by atoms with Crippen molar-refractivity contribution in [3.8, 4) is 10.6 Å². The molecule has 1 amide bonds. The van der Waals surface area contributed by atoms with Crippen molar-refractivity contribution in [2.24, 2.45) is 5.92 Å². The Kier molecular flexibility index (Phi) is 4.33. The summed E-state index contributed by atoms with van der Waals surface area (Å²) >= 11 is 3.21. The fourth-order valence-corrected chi connectivity index (χ4v) is 5.74. The number of aromatic nitrogens is 1. The lowest BCUT2D eigenvalue weighted by Gasteiger charge is -2.08. The molecule has 3 rings (SSSR count). The van der Waals surface area contributed by atoms with Crippen molar-refractivity contribution in [3.05, 3.63) is 27.4 Å². The van der Waals surface area contributed by atoms with E-state index in [0.717, 1.165) is 20.5 Å². The normalized spacial score (nSPS) is 20.1. The molecule has 8 heteroatoms. The van der Waals surface area contributed by atoms with Crippen molar-refractivity contribution in [2.75, 3.05) is 11.5 Å². The Bertz CT molecular complexity index is 792. The predicted octanol–water partition coefficient (Wildman–Crippen LogP) is 2.23. The molecule has 2 aromatic rings. The molecule has 2 aromatic heterocycles. The van der Waals surface area contributed by atoms with Crippen molar-refractivity contribution in [1.82, 2.24) is 10.3 Å². The van der Waals surface area contributed by atoms with E-state index in [2.05, 4.69) is 10.3 Å². The second-order valence-electron chi connectivity index (χ2n) is 5.34. The van der Waals surface area contributed by atoms with Gasteiger partial charge in [0, 0.05) is 10.3 Å². The molecule has 1 atom stereocenters. The average Bonchev–Trinajstić information content (AvgIpc) is 3.15. The number of hydrogen-bond donors (Lipinski definition) is 1. The minimum absolute atomic E-state index is 0.0212. The number of nitrogens with zero attached hydrogens (tertiary/aromatic N) is 1. The van der Waals surface area contributed by atoms with Gasteiger partial charge < -0.3 is 5.32 Å². The van der Waals surface area contributed by atoms with Crippen molar-refractivity contribution < 1.29 is 13.2 Å². The second-order valence-corrected chi connectivity index (χ2v) is 9.79. The van der Waals surface area contributed by atoms with Gasteiger partial charge in [0.2, 0.25) is 5.91 Å². The van der Waals surface area contributed by atoms with Gasteiger partial charge in [-0.15, -0.1) is 22.7 Å². The molecule has 1 N–H and O–H groups in total. The number of amides is 1. The molecule has 0 spiro atoms. The predicted molar refractivity (Wildman–Crippen MR) is 88.8 cm³/mol. The van der Waals surface area contributed by atoms with E-state index in [4.69, 9.17) is 0 Å². The van der Waals surface area contributed by atoms with Gasteiger partial charge in [-0.2, -0.15) is 0 Å². The minimum atomic E-state index is -3.02. The number of thiophene rings is 1. The molecule has 0 aliphatic carbocycles. The average molecular weight is 356 g/mol. The van der Waals surface area contributed by atoms with Crippen LogP contribution in [0.15, 0.2) is 17.5 Å². The Morgan fingerprint density at radius 2 is 2.27 bits per heavy atom. The van der Waals surface area contributed by atoms with Gasteiger partial charge in [0.15, 0.2) is 9.84 Å². The Labute approximate surface area is 137 Å². The van der Waals surface area contributed by atoms with Gasteiger partial charge in [-0.25, -0.2) is 13.4 Å². The summed E-state index contributed by atoms with van der Waals surface area (Å²) in [6.45, 7) is 2.40. The fraction of sp³-hybridized carbons (Fsp3) is 0.429. The quantitative estimate of drug-likeness (QED) is 0.911. The van der Waals surface area contributed by atoms with Crippen LogP contribution in [0.4, 0.5) is 0 Å². The highest BCUT2D eigenvalue weighted by Crippen LogP contribution is 2.29. The summed E-state index contributed by atoms with van der Waals surface area (Å²) in [4.78, 5) is 18.6. The zero-order valence-electron chi connectivity index (χ0n) is 12.0. The van der Waals surface area contributed by atoms with E-state index < -0.39 is 15.8 Å². The Morgan fingerprint density at radius 1 is 1.45 bits per heavy atom. The molecule has 22 heavy (non-hydrogen) atoms. The summed E-state index contributed by atoms with van der Waals surface area (Å²) < 4.78 is 22.8. The molecule has 1 aliphatic heterocycles. The molecule has 1 saturated heterocycles. The third-order valence-electron chi connectivity index (χ3n) is 3.57. The molecule has 5 nitrogen and oxygen atoms in total. The van der Waals surface area contributed by atoms with E-state index in [1.807, 2.05) is 24.4 Å². The van der Waals surface area contributed by atoms with Gasteiger partial charge in [-0.05, 0) is 25.5 Å². The molecule has 0 radical (unpaired) electrons. The SMILES string of the molecule is Cc1nc(-c2ccc(CNC(=O)C3CCS(=O)(=O)C3)s2)cs1. The highest BCUT2D eigenvalue weighted by molar-refractivity contribution is 7.91. The van der Waals surface area contributed by atoms with Gasteiger partial charge in [-0.1, -0.05) is 0 Å². The van der Waals surface area contributed by atoms with Crippen LogP contribution in [0.25, 0.3) is 10.6 Å². The molecule has 118 valence electrons. The van der Waals surface area contributed by atoms with Crippen LogP contribution in [0.1, 0.15) is 16.3 Å². The first-order valence-corrected chi connectivity index (χ1v) is 10.4. The van der Waals surface area contributed by atoms with Gasteiger partial charge in [0.25, 0.3) is 0 Å². The van der Waals surface area contributed by atoms with Crippen molar-refractivity contribution in [2.45, 2.75) is 19.9 Å². The number of carbonyl (C=O) groups excluding carboxylic acids is 1. The molecular formula is C14H16N2O3S3. The summed E-state index contributed by atoms with van der Waals surface area (Å²) in [5.74, 6) is -0.463. The van der Waals surface area contributed by atoms with Gasteiger partial charge >= 0.3 is 0 Å². The molecule has 1 unspecified atom stereocenters. The van der Waals surface area contributed by atoms with Crippen molar-refractivity contribution in [3.63, 3.8) is 0 Å². The van der Waals surface area contributed by atoms with E-state index in [-0.39, 0.29) is 17.4 Å². The van der Waals surface area contributed by atoms with Gasteiger partial charge in [0.1, 0.15) is 0 Å². The zero-order chi connectivity index (χ0) is 15.7. The molecule has 0 bridgehead atoms. The molecule has 0 aromatic carbocycles. The van der Waals surface area contributed by atoms with E-state index >= 15 is 0 Å². The van der Waals surface area contributed by atoms with Crippen LogP contribution >= 0.6 is 22.7 Å². The summed E-state index contributed by atoms with van der Waals surface area (Å²) in [6.07, 6.45) is 0.432. The molecule has 1 aliphatic rings. The molecule has 0 saturated carbocycles. The second kappa shape index (κ2) is 6.10. The van der Waals surface area contributed by atoms with Crippen LogP contribution in [0.2, 0.25) is 0 Å². The van der Waals surface area contributed by atoms with Crippen molar-refractivity contribution >= 4 is 38.4 Å². The number of hydrogen-bond acceptors (Lipinski definition) is 6. The van der Waals surface area contributed by atoms with Gasteiger partial charge in [0.05, 0.1) is 39.5 Å². The first-order valence-electron chi connectivity index (χ1n) is 6.92. The lowest BCUT2D eigenvalue weighted by atomic mass is 10.1. The lowest BCUT2D eigenvalue weighted by Crippen LogP contribution is -2.30. The zero-order valence-corrected chi connectivity index (χ0v) is 14.5. The number of nitrogens with one attached hydrogen (secondary N) is 1. The maximum Gasteiger partial charge on any atom is 0.224 e. The van der Waals surface area contributed by atoms with E-state index in [1.54, 1.807) is 22.7 Å². The van der Waals surface area contributed by atoms with Crippen LogP contribution in [0.5, 0.6) is 0 Å². The van der Waals surface area contributed by atoms with E-state index in [0.29, 0.717) is 13.0 Å². The Morgan fingerprint density at radius 3 is 2.91 bits per heavy atom. The van der Waals surface area contributed by atoms with Crippen LogP contribution in [-0.4, -0.2) is 30.8 Å². The first-order chi connectivity index (χ1) is 10.4. The van der Waals surface area contributed by atoms with Crippen LogP contribution in [-0.2, 0) is 21.2 Å².